The highest BCUT2D eigenvalue weighted by atomic mass is 16.6. The fraction of sp³-hybridized carbons (Fsp3) is 0.375. The minimum Gasteiger partial charge on any atom is -0.434 e. The van der Waals surface area contributed by atoms with E-state index in [9.17, 15) is 10.1 Å². The van der Waals surface area contributed by atoms with E-state index in [0.717, 1.165) is 5.56 Å². The van der Waals surface area contributed by atoms with Gasteiger partial charge < -0.3 is 10.1 Å². The lowest BCUT2D eigenvalue weighted by Gasteiger charge is -2.11. The predicted molar refractivity (Wildman–Crippen MR) is 88.1 cm³/mol. The third kappa shape index (κ3) is 4.15. The van der Waals surface area contributed by atoms with E-state index >= 15 is 0 Å². The van der Waals surface area contributed by atoms with E-state index in [4.69, 9.17) is 4.74 Å². The number of hydrogen-bond donors (Lipinski definition) is 1. The molecule has 7 nitrogen and oxygen atoms in total. The molecule has 0 aliphatic heterocycles. The van der Waals surface area contributed by atoms with Crippen LogP contribution in [0.25, 0.3) is 0 Å². The Kier molecular flexibility index (Phi) is 5.10. The maximum atomic E-state index is 11.4. The molecule has 0 fully saturated rings. The van der Waals surface area contributed by atoms with Gasteiger partial charge in [-0.2, -0.15) is 4.98 Å². The third-order valence-corrected chi connectivity index (χ3v) is 3.16. The Morgan fingerprint density at radius 3 is 2.30 bits per heavy atom. The predicted octanol–water partition coefficient (Wildman–Crippen LogP) is 4.12. The van der Waals surface area contributed by atoms with Crippen LogP contribution in [-0.4, -0.2) is 20.9 Å². The Labute approximate surface area is 134 Å². The van der Waals surface area contributed by atoms with Gasteiger partial charge in [-0.3, -0.25) is 10.1 Å². The van der Waals surface area contributed by atoms with Gasteiger partial charge in [0.2, 0.25) is 5.82 Å². The number of nitrogens with zero attached hydrogens (tertiary/aromatic N) is 3. The summed E-state index contributed by atoms with van der Waals surface area (Å²) in [7, 11) is 0. The van der Waals surface area contributed by atoms with Gasteiger partial charge in [-0.25, -0.2) is 4.98 Å². The highest BCUT2D eigenvalue weighted by Gasteiger charge is 2.25. The SMILES string of the molecule is CC(C)Nc1ncnc(Oc2ccc(C(C)C)cc2)c1[N+](=O)[O-]. The lowest BCUT2D eigenvalue weighted by Crippen LogP contribution is -2.13. The van der Waals surface area contributed by atoms with Crippen molar-refractivity contribution in [3.63, 3.8) is 0 Å². The molecule has 7 heteroatoms. The first-order chi connectivity index (χ1) is 10.9. The van der Waals surface area contributed by atoms with Gasteiger partial charge in [0.05, 0.1) is 4.92 Å². The van der Waals surface area contributed by atoms with Crippen LogP contribution in [0.15, 0.2) is 30.6 Å². The molecule has 1 aromatic carbocycles. The maximum absolute atomic E-state index is 11.4. The summed E-state index contributed by atoms with van der Waals surface area (Å²) in [5, 5.41) is 14.3. The van der Waals surface area contributed by atoms with Crippen molar-refractivity contribution in [2.45, 2.75) is 39.7 Å². The van der Waals surface area contributed by atoms with Crippen LogP contribution in [0.5, 0.6) is 11.6 Å². The Balaban J connectivity index is 2.33. The Hall–Kier alpha value is -2.70. The third-order valence-electron chi connectivity index (χ3n) is 3.16. The molecule has 1 N–H and O–H groups in total. The zero-order valence-corrected chi connectivity index (χ0v) is 13.6. The highest BCUT2D eigenvalue weighted by molar-refractivity contribution is 5.62. The summed E-state index contributed by atoms with van der Waals surface area (Å²) in [4.78, 5) is 18.7. The van der Waals surface area contributed by atoms with E-state index in [2.05, 4.69) is 29.1 Å². The van der Waals surface area contributed by atoms with E-state index in [1.807, 2.05) is 26.0 Å². The van der Waals surface area contributed by atoms with Crippen LogP contribution in [0.1, 0.15) is 39.2 Å². The van der Waals surface area contributed by atoms with Crippen LogP contribution in [0.2, 0.25) is 0 Å². The summed E-state index contributed by atoms with van der Waals surface area (Å²) >= 11 is 0. The first kappa shape index (κ1) is 16.7. The van der Waals surface area contributed by atoms with Crippen LogP contribution in [0.3, 0.4) is 0 Å². The number of aromatic nitrogens is 2. The number of rotatable bonds is 6. The first-order valence-corrected chi connectivity index (χ1v) is 7.42. The average molecular weight is 316 g/mol. The van der Waals surface area contributed by atoms with Gasteiger partial charge in [0.25, 0.3) is 0 Å². The molecule has 0 saturated heterocycles. The summed E-state index contributed by atoms with van der Waals surface area (Å²) in [6.45, 7) is 7.93. The minimum atomic E-state index is -0.539. The lowest BCUT2D eigenvalue weighted by atomic mass is 10.0. The fourth-order valence-electron chi connectivity index (χ4n) is 2.01. The zero-order valence-electron chi connectivity index (χ0n) is 13.6. The van der Waals surface area contributed by atoms with Crippen LogP contribution >= 0.6 is 0 Å². The largest absolute Gasteiger partial charge is 0.434 e. The Bertz CT molecular complexity index is 684. The Morgan fingerprint density at radius 1 is 1.13 bits per heavy atom. The lowest BCUT2D eigenvalue weighted by molar-refractivity contribution is -0.385. The molecule has 1 aromatic heterocycles. The van der Waals surface area contributed by atoms with Gasteiger partial charge in [0.1, 0.15) is 12.1 Å². The number of benzene rings is 1. The van der Waals surface area contributed by atoms with Crippen LogP contribution < -0.4 is 10.1 Å². The Morgan fingerprint density at radius 2 is 1.78 bits per heavy atom. The zero-order chi connectivity index (χ0) is 17.0. The van der Waals surface area contributed by atoms with Gasteiger partial charge in [-0.1, -0.05) is 26.0 Å². The van der Waals surface area contributed by atoms with Crippen molar-refractivity contribution in [3.05, 3.63) is 46.3 Å². The molecule has 0 aliphatic rings. The maximum Gasteiger partial charge on any atom is 0.373 e. The molecule has 122 valence electrons. The number of ether oxygens (including phenoxy) is 1. The molecule has 0 amide bonds. The van der Waals surface area contributed by atoms with Gasteiger partial charge in [-0.15, -0.1) is 0 Å². The number of anilines is 1. The van der Waals surface area contributed by atoms with Crippen LogP contribution in [0, 0.1) is 10.1 Å². The minimum absolute atomic E-state index is 0.00164. The molecule has 0 atom stereocenters. The van der Waals surface area contributed by atoms with E-state index in [1.54, 1.807) is 12.1 Å². The molecule has 0 spiro atoms. The summed E-state index contributed by atoms with van der Waals surface area (Å²) in [5.41, 5.74) is 0.894. The number of nitro groups is 1. The second-order valence-corrected chi connectivity index (χ2v) is 5.76. The van der Waals surface area contributed by atoms with E-state index < -0.39 is 4.92 Å². The molecule has 0 aliphatic carbocycles. The van der Waals surface area contributed by atoms with Gasteiger partial charge in [-0.05, 0) is 37.5 Å². The molecule has 2 aromatic rings. The van der Waals surface area contributed by atoms with Crippen molar-refractivity contribution in [3.8, 4) is 11.6 Å². The van der Waals surface area contributed by atoms with E-state index in [-0.39, 0.29) is 23.4 Å². The van der Waals surface area contributed by atoms with Crippen LogP contribution in [-0.2, 0) is 0 Å². The highest BCUT2D eigenvalue weighted by Crippen LogP contribution is 2.34. The standard InChI is InChI=1S/C16H20N4O3/c1-10(2)12-5-7-13(8-6-12)23-16-14(20(21)22)15(17-9-18-16)19-11(3)4/h5-11H,1-4H3,(H,17,18,19). The number of hydrogen-bond acceptors (Lipinski definition) is 6. The van der Waals surface area contributed by atoms with Crippen molar-refractivity contribution in [1.82, 2.24) is 9.97 Å². The van der Waals surface area contributed by atoms with Gasteiger partial charge >= 0.3 is 11.6 Å². The molecule has 0 radical (unpaired) electrons. The first-order valence-electron chi connectivity index (χ1n) is 7.42. The monoisotopic (exact) mass is 316 g/mol. The summed E-state index contributed by atoms with van der Waals surface area (Å²) < 4.78 is 5.59. The number of nitrogens with one attached hydrogen (secondary N) is 1. The fourth-order valence-corrected chi connectivity index (χ4v) is 2.01. The molecule has 0 bridgehead atoms. The molecule has 2 rings (SSSR count). The van der Waals surface area contributed by atoms with E-state index in [0.29, 0.717) is 11.7 Å². The van der Waals surface area contributed by atoms with Crippen molar-refractivity contribution >= 4 is 11.5 Å². The topological polar surface area (TPSA) is 90.2 Å². The van der Waals surface area contributed by atoms with Crippen molar-refractivity contribution < 1.29 is 9.66 Å². The summed E-state index contributed by atoms with van der Waals surface area (Å²) in [6, 6.07) is 7.41. The second kappa shape index (κ2) is 7.04. The van der Waals surface area contributed by atoms with Crippen molar-refractivity contribution in [2.24, 2.45) is 0 Å². The molecular weight excluding hydrogens is 296 g/mol. The molecule has 1 heterocycles. The molecule has 0 unspecified atom stereocenters. The second-order valence-electron chi connectivity index (χ2n) is 5.76. The van der Waals surface area contributed by atoms with E-state index in [1.165, 1.54) is 6.33 Å². The quantitative estimate of drug-likeness (QED) is 0.637. The smallest absolute Gasteiger partial charge is 0.373 e. The molecular formula is C16H20N4O3. The van der Waals surface area contributed by atoms with Gasteiger partial charge in [0, 0.05) is 6.04 Å². The average Bonchev–Trinajstić information content (AvgIpc) is 2.47. The normalized spacial score (nSPS) is 10.9. The van der Waals surface area contributed by atoms with Crippen molar-refractivity contribution in [1.29, 1.82) is 0 Å². The summed E-state index contributed by atoms with van der Waals surface area (Å²) in [5.74, 6) is 0.963. The van der Waals surface area contributed by atoms with Crippen molar-refractivity contribution in [2.75, 3.05) is 5.32 Å². The molecule has 0 saturated carbocycles. The van der Waals surface area contributed by atoms with Crippen LogP contribution in [0.4, 0.5) is 11.5 Å². The summed E-state index contributed by atoms with van der Waals surface area (Å²) in [6.07, 6.45) is 1.25. The molecule has 23 heavy (non-hydrogen) atoms. The van der Waals surface area contributed by atoms with Gasteiger partial charge in [0.15, 0.2) is 0 Å².